The van der Waals surface area contributed by atoms with Gasteiger partial charge in [0.05, 0.1) is 25.9 Å². The Labute approximate surface area is 265 Å². The van der Waals surface area contributed by atoms with Crippen LogP contribution < -0.4 is 10.6 Å². The van der Waals surface area contributed by atoms with Crippen molar-refractivity contribution in [1.29, 1.82) is 0 Å². The molecule has 240 valence electrons. The normalized spacial score (nSPS) is 22.7. The zero-order valence-electron chi connectivity index (χ0n) is 26.2. The summed E-state index contributed by atoms with van der Waals surface area (Å²) in [5.74, 6) is -0.359. The fourth-order valence-corrected chi connectivity index (χ4v) is 6.09. The van der Waals surface area contributed by atoms with Gasteiger partial charge < -0.3 is 34.9 Å². The van der Waals surface area contributed by atoms with Crippen LogP contribution in [0.25, 0.3) is 0 Å². The number of nitrogens with one attached hydrogen (secondary N) is 2. The number of carbonyl (C=O) groups excluding carboxylic acids is 2. The monoisotopic (exact) mass is 615 g/mol. The van der Waals surface area contributed by atoms with Crippen LogP contribution in [-0.4, -0.2) is 60.9 Å². The number of amides is 2. The highest BCUT2D eigenvalue weighted by atomic mass is 16.7. The van der Waals surface area contributed by atoms with Crippen LogP contribution in [0, 0.1) is 5.92 Å². The summed E-state index contributed by atoms with van der Waals surface area (Å²) < 4.78 is 18.1. The lowest BCUT2D eigenvalue weighted by Crippen LogP contribution is -2.47. The lowest BCUT2D eigenvalue weighted by molar-refractivity contribution is -0.276. The van der Waals surface area contributed by atoms with Gasteiger partial charge in [-0.05, 0) is 48.2 Å². The van der Waals surface area contributed by atoms with Gasteiger partial charge in [0.25, 0.3) is 0 Å². The first-order valence-corrected chi connectivity index (χ1v) is 15.9. The predicted molar refractivity (Wildman–Crippen MR) is 171 cm³/mol. The smallest absolute Gasteiger partial charge is 0.328 e. The maximum absolute atomic E-state index is 12.7. The van der Waals surface area contributed by atoms with E-state index >= 15 is 0 Å². The molecular weight excluding hydrogens is 570 g/mol. The number of hydrogen-bond donors (Lipinski definition) is 3. The lowest BCUT2D eigenvalue weighted by atomic mass is 9.89. The molecule has 0 aliphatic carbocycles. The van der Waals surface area contributed by atoms with Gasteiger partial charge in [-0.1, -0.05) is 92.2 Å². The fourth-order valence-electron chi connectivity index (χ4n) is 6.09. The molecule has 0 spiro atoms. The van der Waals surface area contributed by atoms with E-state index in [-0.39, 0.29) is 31.3 Å². The molecule has 2 fully saturated rings. The van der Waals surface area contributed by atoms with Crippen molar-refractivity contribution in [1.82, 2.24) is 15.5 Å². The molecule has 3 aromatic rings. The number of benzene rings is 3. The van der Waals surface area contributed by atoms with Gasteiger partial charge in [0.15, 0.2) is 6.29 Å². The minimum atomic E-state index is -0.798. The Balaban J connectivity index is 1.23. The number of piperidine rings is 1. The van der Waals surface area contributed by atoms with Gasteiger partial charge in [-0.25, -0.2) is 9.59 Å². The highest BCUT2D eigenvalue weighted by molar-refractivity contribution is 5.83. The first-order chi connectivity index (χ1) is 21.9. The van der Waals surface area contributed by atoms with E-state index in [1.807, 2.05) is 78.9 Å². The molecule has 5 unspecified atom stereocenters. The zero-order chi connectivity index (χ0) is 31.6. The number of aliphatic hydroxyl groups is 1. The molecule has 2 amide bonds. The second-order valence-electron chi connectivity index (χ2n) is 12.0. The highest BCUT2D eigenvalue weighted by Crippen LogP contribution is 2.42. The Morgan fingerprint density at radius 1 is 0.889 bits per heavy atom. The maximum Gasteiger partial charge on any atom is 0.328 e. The Kier molecular flexibility index (Phi) is 11.6. The largest absolute Gasteiger partial charge is 0.467 e. The van der Waals surface area contributed by atoms with E-state index in [1.165, 1.54) is 26.4 Å². The zero-order valence-corrected chi connectivity index (χ0v) is 26.2. The molecule has 2 aliphatic rings. The van der Waals surface area contributed by atoms with E-state index < -0.39 is 24.3 Å². The molecule has 9 nitrogen and oxygen atoms in total. The minimum Gasteiger partial charge on any atom is -0.467 e. The van der Waals surface area contributed by atoms with Crippen LogP contribution in [0.5, 0.6) is 0 Å². The minimum absolute atomic E-state index is 0.00644. The van der Waals surface area contributed by atoms with Crippen molar-refractivity contribution >= 4 is 12.0 Å². The summed E-state index contributed by atoms with van der Waals surface area (Å²) in [5, 5.41) is 15.1. The lowest BCUT2D eigenvalue weighted by Gasteiger charge is -2.43. The molecule has 0 bridgehead atoms. The van der Waals surface area contributed by atoms with Crippen molar-refractivity contribution in [3.05, 3.63) is 107 Å². The molecule has 2 saturated heterocycles. The molecule has 0 radical (unpaired) electrons. The topological polar surface area (TPSA) is 109 Å². The summed E-state index contributed by atoms with van der Waals surface area (Å²) in [7, 11) is 1.31. The van der Waals surface area contributed by atoms with Gasteiger partial charge in [0.2, 0.25) is 0 Å². The predicted octanol–water partition coefficient (Wildman–Crippen LogP) is 5.04. The third kappa shape index (κ3) is 8.92. The number of nitrogens with zero attached hydrogens (tertiary/aromatic N) is 1. The van der Waals surface area contributed by atoms with E-state index in [2.05, 4.69) is 22.5 Å². The summed E-state index contributed by atoms with van der Waals surface area (Å²) in [6.45, 7) is 5.53. The molecular formula is C36H45N3O6. The van der Waals surface area contributed by atoms with Gasteiger partial charge in [0.1, 0.15) is 6.04 Å². The van der Waals surface area contributed by atoms with E-state index in [0.717, 1.165) is 47.5 Å². The van der Waals surface area contributed by atoms with Gasteiger partial charge in [-0.3, -0.25) is 0 Å². The SMILES string of the molecule is COC(=O)C(Cc1ccccc1)NC(=O)NCc1ccc(C2OC(CN3CCCCC3)C(C)C(c3ccc(CO)cc3)O2)cc1. The molecule has 9 heteroatoms. The van der Waals surface area contributed by atoms with Crippen molar-refractivity contribution < 1.29 is 28.9 Å². The average Bonchev–Trinajstić information content (AvgIpc) is 3.09. The second-order valence-corrected chi connectivity index (χ2v) is 12.0. The third-order valence-electron chi connectivity index (χ3n) is 8.79. The number of urea groups is 1. The third-order valence-corrected chi connectivity index (χ3v) is 8.79. The van der Waals surface area contributed by atoms with Gasteiger partial charge in [0, 0.05) is 31.0 Å². The number of hydrogen-bond acceptors (Lipinski definition) is 7. The Hall–Kier alpha value is -3.76. The van der Waals surface area contributed by atoms with Gasteiger partial charge in [-0.2, -0.15) is 0 Å². The van der Waals surface area contributed by atoms with E-state index in [9.17, 15) is 14.7 Å². The second kappa shape index (κ2) is 16.0. The number of likely N-dealkylation sites (tertiary alicyclic amines) is 1. The number of esters is 1. The van der Waals surface area contributed by atoms with Gasteiger partial charge >= 0.3 is 12.0 Å². The average molecular weight is 616 g/mol. The van der Waals surface area contributed by atoms with Crippen LogP contribution in [-0.2, 0) is 38.6 Å². The first kappa shape index (κ1) is 32.6. The summed E-state index contributed by atoms with van der Waals surface area (Å²) in [6.07, 6.45) is 3.35. The molecule has 0 saturated carbocycles. The molecule has 3 N–H and O–H groups in total. The summed E-state index contributed by atoms with van der Waals surface area (Å²) in [4.78, 5) is 27.5. The van der Waals surface area contributed by atoms with Crippen LogP contribution in [0.4, 0.5) is 4.79 Å². The number of aliphatic hydroxyl groups excluding tert-OH is 1. The summed E-state index contributed by atoms with van der Waals surface area (Å²) in [6, 6.07) is 24.1. The first-order valence-electron chi connectivity index (χ1n) is 15.9. The maximum atomic E-state index is 12.7. The summed E-state index contributed by atoms with van der Waals surface area (Å²) >= 11 is 0. The number of rotatable bonds is 11. The van der Waals surface area contributed by atoms with Crippen molar-refractivity contribution in [3.63, 3.8) is 0 Å². The fraction of sp³-hybridized carbons (Fsp3) is 0.444. The quantitative estimate of drug-likeness (QED) is 0.260. The molecule has 2 heterocycles. The van der Waals surface area contributed by atoms with E-state index in [1.54, 1.807) is 0 Å². The van der Waals surface area contributed by atoms with E-state index in [4.69, 9.17) is 14.2 Å². The van der Waals surface area contributed by atoms with Crippen molar-refractivity contribution in [3.8, 4) is 0 Å². The molecule has 5 rings (SSSR count). The van der Waals surface area contributed by atoms with Crippen LogP contribution in [0.2, 0.25) is 0 Å². The number of ether oxygens (including phenoxy) is 3. The Morgan fingerprint density at radius 3 is 2.22 bits per heavy atom. The molecule has 3 aromatic carbocycles. The van der Waals surface area contributed by atoms with Crippen molar-refractivity contribution in [2.24, 2.45) is 5.92 Å². The van der Waals surface area contributed by atoms with Gasteiger partial charge in [-0.15, -0.1) is 0 Å². The highest BCUT2D eigenvalue weighted by Gasteiger charge is 2.39. The number of carbonyl (C=O) groups is 2. The van der Waals surface area contributed by atoms with Crippen LogP contribution >= 0.6 is 0 Å². The Morgan fingerprint density at radius 2 is 1.56 bits per heavy atom. The van der Waals surface area contributed by atoms with Crippen molar-refractivity contribution in [2.45, 2.75) is 70.3 Å². The van der Waals surface area contributed by atoms with Crippen molar-refractivity contribution in [2.75, 3.05) is 26.7 Å². The molecule has 0 aromatic heterocycles. The summed E-state index contributed by atoms with van der Waals surface area (Å²) in [5.41, 5.74) is 4.67. The van der Waals surface area contributed by atoms with Crippen LogP contribution in [0.15, 0.2) is 78.9 Å². The number of methoxy groups -OCH3 is 1. The van der Waals surface area contributed by atoms with Crippen LogP contribution in [0.3, 0.4) is 0 Å². The molecule has 5 atom stereocenters. The molecule has 45 heavy (non-hydrogen) atoms. The Bertz CT molecular complexity index is 1360. The molecule has 2 aliphatic heterocycles. The standard InChI is InChI=1S/C36H45N3O6/c1-25-32(23-39-19-7-4-8-20-39)44-35(45-33(25)29-15-13-28(24-40)14-16-29)30-17-11-27(12-18-30)22-37-36(42)38-31(34(41)43-2)21-26-9-5-3-6-10-26/h3,5-6,9-18,25,31-33,35,40H,4,7-8,19-24H2,1-2H3,(H2,37,38,42). The van der Waals surface area contributed by atoms with E-state index in [0.29, 0.717) is 6.42 Å². The van der Waals surface area contributed by atoms with Crippen LogP contribution in [0.1, 0.15) is 66.4 Å².